The van der Waals surface area contributed by atoms with Crippen molar-refractivity contribution in [1.29, 1.82) is 0 Å². The molecule has 2 aromatic heterocycles. The van der Waals surface area contributed by atoms with Crippen LogP contribution in [0, 0.1) is 5.82 Å². The Bertz CT molecular complexity index is 1440. The van der Waals surface area contributed by atoms with Crippen LogP contribution in [0.4, 0.5) is 16.0 Å². The van der Waals surface area contributed by atoms with Gasteiger partial charge in [-0.05, 0) is 36.2 Å². The Morgan fingerprint density at radius 3 is 2.65 bits per heavy atom. The zero-order valence-corrected chi connectivity index (χ0v) is 22.0. The SMILES string of the molecule is NC(=O)C(c1cccc(F)c1)n1cc(Nc2ncnc3cc(OCCCN4CCN(CCO)CC4)ccc23)nn1. The van der Waals surface area contributed by atoms with E-state index in [1.807, 2.05) is 18.2 Å². The lowest BCUT2D eigenvalue weighted by Gasteiger charge is -2.34. The third kappa shape index (κ3) is 6.68. The molecule has 0 bridgehead atoms. The van der Waals surface area contributed by atoms with Gasteiger partial charge >= 0.3 is 0 Å². The van der Waals surface area contributed by atoms with Gasteiger partial charge in [-0.2, -0.15) is 0 Å². The number of aliphatic hydroxyl groups excluding tert-OH is 1. The number of carbonyl (C=O) groups excluding carboxylic acids is 1. The number of aliphatic hydroxyl groups is 1. The number of ether oxygens (including phenoxy) is 1. The summed E-state index contributed by atoms with van der Waals surface area (Å²) in [6.07, 6.45) is 3.86. The van der Waals surface area contributed by atoms with Gasteiger partial charge in [-0.25, -0.2) is 19.0 Å². The molecule has 1 aliphatic heterocycles. The van der Waals surface area contributed by atoms with Crippen molar-refractivity contribution in [2.24, 2.45) is 5.73 Å². The van der Waals surface area contributed by atoms with Gasteiger partial charge in [0.05, 0.1) is 24.9 Å². The minimum Gasteiger partial charge on any atom is -0.493 e. The van der Waals surface area contributed by atoms with Crippen molar-refractivity contribution in [3.63, 3.8) is 0 Å². The average Bonchev–Trinajstić information content (AvgIpc) is 3.40. The number of hydrogen-bond donors (Lipinski definition) is 3. The van der Waals surface area contributed by atoms with E-state index in [0.29, 0.717) is 29.3 Å². The van der Waals surface area contributed by atoms with E-state index in [2.05, 4.69) is 35.4 Å². The molecule has 2 aromatic carbocycles. The summed E-state index contributed by atoms with van der Waals surface area (Å²) in [5.41, 5.74) is 6.64. The first-order valence-electron chi connectivity index (χ1n) is 13.2. The minimum atomic E-state index is -1.02. The predicted molar refractivity (Wildman–Crippen MR) is 147 cm³/mol. The summed E-state index contributed by atoms with van der Waals surface area (Å²) in [5.74, 6) is 0.384. The molecule has 0 saturated carbocycles. The summed E-state index contributed by atoms with van der Waals surface area (Å²) in [6, 6.07) is 10.2. The van der Waals surface area contributed by atoms with Gasteiger partial charge in [-0.1, -0.05) is 17.3 Å². The summed E-state index contributed by atoms with van der Waals surface area (Å²) in [5, 5.41) is 21.0. The molecule has 4 aromatic rings. The Kier molecular flexibility index (Phi) is 8.74. The lowest BCUT2D eigenvalue weighted by Crippen LogP contribution is -2.47. The van der Waals surface area contributed by atoms with Gasteiger partial charge in [0.1, 0.15) is 23.7 Å². The molecule has 3 heterocycles. The van der Waals surface area contributed by atoms with E-state index in [1.165, 1.54) is 35.4 Å². The van der Waals surface area contributed by atoms with Gasteiger partial charge < -0.3 is 25.8 Å². The van der Waals surface area contributed by atoms with Gasteiger partial charge in [0.2, 0.25) is 5.91 Å². The molecule has 1 atom stereocenters. The summed E-state index contributed by atoms with van der Waals surface area (Å²) >= 11 is 0. The molecule has 40 heavy (non-hydrogen) atoms. The molecule has 13 heteroatoms. The number of benzene rings is 2. The Balaban J connectivity index is 1.19. The zero-order chi connectivity index (χ0) is 27.9. The molecule has 1 unspecified atom stereocenters. The number of halogens is 1. The number of β-amino-alcohol motifs (C(OH)–C–C–N with tert-alkyl or cyclic N) is 1. The van der Waals surface area contributed by atoms with Crippen molar-refractivity contribution in [3.8, 4) is 5.75 Å². The lowest BCUT2D eigenvalue weighted by molar-refractivity contribution is -0.120. The maximum atomic E-state index is 13.7. The van der Waals surface area contributed by atoms with Crippen molar-refractivity contribution >= 4 is 28.4 Å². The van der Waals surface area contributed by atoms with Crippen LogP contribution in [0.2, 0.25) is 0 Å². The van der Waals surface area contributed by atoms with E-state index in [0.717, 1.165) is 56.8 Å². The molecule has 0 aliphatic carbocycles. The number of hydrogen-bond acceptors (Lipinski definition) is 10. The molecule has 12 nitrogen and oxygen atoms in total. The molecule has 5 rings (SSSR count). The van der Waals surface area contributed by atoms with Crippen LogP contribution in [0.25, 0.3) is 10.9 Å². The number of aromatic nitrogens is 5. The van der Waals surface area contributed by atoms with Crippen LogP contribution in [-0.4, -0.2) is 98.3 Å². The molecule has 4 N–H and O–H groups in total. The van der Waals surface area contributed by atoms with Crippen LogP contribution in [0.1, 0.15) is 18.0 Å². The van der Waals surface area contributed by atoms with Crippen LogP contribution in [0.3, 0.4) is 0 Å². The quantitative estimate of drug-likeness (QED) is 0.222. The molecule has 1 aliphatic rings. The second-order valence-corrected chi connectivity index (χ2v) is 9.58. The number of anilines is 2. The first kappa shape index (κ1) is 27.4. The number of nitrogens with one attached hydrogen (secondary N) is 1. The third-order valence-electron chi connectivity index (χ3n) is 6.83. The summed E-state index contributed by atoms with van der Waals surface area (Å²) in [4.78, 5) is 25.5. The van der Waals surface area contributed by atoms with Crippen molar-refractivity contribution in [2.45, 2.75) is 12.5 Å². The zero-order valence-electron chi connectivity index (χ0n) is 22.0. The van der Waals surface area contributed by atoms with E-state index < -0.39 is 17.8 Å². The maximum absolute atomic E-state index is 13.7. The Hall–Kier alpha value is -4.20. The Morgan fingerprint density at radius 2 is 1.90 bits per heavy atom. The van der Waals surface area contributed by atoms with Crippen LogP contribution in [0.15, 0.2) is 55.0 Å². The van der Waals surface area contributed by atoms with Crippen LogP contribution >= 0.6 is 0 Å². The molecule has 1 saturated heterocycles. The summed E-state index contributed by atoms with van der Waals surface area (Å²) in [7, 11) is 0. The minimum absolute atomic E-state index is 0.207. The average molecular weight is 550 g/mol. The molecule has 1 fully saturated rings. The van der Waals surface area contributed by atoms with Gasteiger partial charge in [0, 0.05) is 50.7 Å². The number of amides is 1. The van der Waals surface area contributed by atoms with Gasteiger partial charge in [-0.15, -0.1) is 5.10 Å². The topological polar surface area (TPSA) is 148 Å². The van der Waals surface area contributed by atoms with Crippen molar-refractivity contribution in [3.05, 3.63) is 66.4 Å². The fraction of sp³-hybridized carbons (Fsp3) is 0.370. The van der Waals surface area contributed by atoms with Gasteiger partial charge in [-0.3, -0.25) is 9.69 Å². The monoisotopic (exact) mass is 549 g/mol. The third-order valence-corrected chi connectivity index (χ3v) is 6.83. The number of carbonyl (C=O) groups is 1. The molecular weight excluding hydrogens is 517 g/mol. The van der Waals surface area contributed by atoms with Crippen LogP contribution in [-0.2, 0) is 4.79 Å². The Morgan fingerprint density at radius 1 is 1.10 bits per heavy atom. The van der Waals surface area contributed by atoms with E-state index in [4.69, 9.17) is 15.6 Å². The van der Waals surface area contributed by atoms with Crippen molar-refractivity contribution in [1.82, 2.24) is 34.8 Å². The first-order valence-corrected chi connectivity index (χ1v) is 13.2. The maximum Gasteiger partial charge on any atom is 0.246 e. The van der Waals surface area contributed by atoms with E-state index in [1.54, 1.807) is 6.07 Å². The number of nitrogens with two attached hydrogens (primary N) is 1. The Labute approximate surface area is 230 Å². The van der Waals surface area contributed by atoms with Crippen LogP contribution < -0.4 is 15.8 Å². The highest BCUT2D eigenvalue weighted by atomic mass is 19.1. The summed E-state index contributed by atoms with van der Waals surface area (Å²) in [6.45, 7) is 6.48. The molecule has 1 amide bonds. The van der Waals surface area contributed by atoms with E-state index >= 15 is 0 Å². The largest absolute Gasteiger partial charge is 0.493 e. The highest BCUT2D eigenvalue weighted by Gasteiger charge is 2.22. The molecular formula is C27H32FN9O3. The fourth-order valence-electron chi connectivity index (χ4n) is 4.79. The van der Waals surface area contributed by atoms with Crippen molar-refractivity contribution in [2.75, 3.05) is 57.8 Å². The first-order chi connectivity index (χ1) is 19.5. The fourth-order valence-corrected chi connectivity index (χ4v) is 4.79. The standard InChI is InChI=1S/C27H32FN9O3/c28-20-4-1-3-19(15-20)25(26(29)39)37-17-24(33-34-37)32-27-22-6-5-21(16-23(22)30-18-31-27)40-14-2-7-35-8-10-36(11-9-35)12-13-38/h1,3-6,15-18,25,38H,2,7-14H2,(H2,29,39)(H,30,31,32). The number of nitrogens with zero attached hydrogens (tertiary/aromatic N) is 7. The number of rotatable bonds is 12. The van der Waals surface area contributed by atoms with Crippen LogP contribution in [0.5, 0.6) is 5.75 Å². The lowest BCUT2D eigenvalue weighted by atomic mass is 10.1. The second-order valence-electron chi connectivity index (χ2n) is 9.58. The summed E-state index contributed by atoms with van der Waals surface area (Å²) < 4.78 is 21.0. The number of primary amides is 1. The van der Waals surface area contributed by atoms with Gasteiger partial charge in [0.25, 0.3) is 0 Å². The highest BCUT2D eigenvalue weighted by Crippen LogP contribution is 2.26. The highest BCUT2D eigenvalue weighted by molar-refractivity contribution is 5.91. The second kappa shape index (κ2) is 12.8. The van der Waals surface area contributed by atoms with Gasteiger partial charge in [0.15, 0.2) is 11.9 Å². The van der Waals surface area contributed by atoms with E-state index in [-0.39, 0.29) is 6.61 Å². The molecule has 0 radical (unpaired) electrons. The number of piperazine rings is 1. The van der Waals surface area contributed by atoms with Crippen molar-refractivity contribution < 1.29 is 19.0 Å². The smallest absolute Gasteiger partial charge is 0.246 e. The normalized spacial score (nSPS) is 15.2. The molecule has 210 valence electrons. The molecule has 0 spiro atoms. The van der Waals surface area contributed by atoms with E-state index in [9.17, 15) is 9.18 Å². The number of fused-ring (bicyclic) bond motifs is 1. The predicted octanol–water partition coefficient (Wildman–Crippen LogP) is 1.56.